The van der Waals surface area contributed by atoms with Crippen LogP contribution >= 0.6 is 0 Å². The molecule has 0 bridgehead atoms. The van der Waals surface area contributed by atoms with E-state index in [1.54, 1.807) is 18.2 Å². The van der Waals surface area contributed by atoms with Crippen molar-refractivity contribution in [1.29, 1.82) is 0 Å². The summed E-state index contributed by atoms with van der Waals surface area (Å²) in [5, 5.41) is 9.59. The smallest absolute Gasteiger partial charge is 0.281 e. The average molecular weight is 1420 g/mol. The number of pyridine rings is 6. The molecule has 0 aliphatic carbocycles. The lowest BCUT2D eigenvalue weighted by molar-refractivity contribution is 0.0972. The summed E-state index contributed by atoms with van der Waals surface area (Å²) in [5.74, 6) is 0.797. The summed E-state index contributed by atoms with van der Waals surface area (Å²) in [6, 6.07) is 23.7. The molecule has 6 saturated heterocycles. The summed E-state index contributed by atoms with van der Waals surface area (Å²) < 4.78 is 83.3. The van der Waals surface area contributed by atoms with Gasteiger partial charge in [-0.05, 0) is 210 Å². The fraction of sp³-hybridized carbons (Fsp3) is 0.522. The van der Waals surface area contributed by atoms with Gasteiger partial charge in [-0.15, -0.1) is 0 Å². The van der Waals surface area contributed by atoms with Crippen LogP contribution in [0.5, 0.6) is 0 Å². The quantitative estimate of drug-likeness (QED) is 0.0472. The minimum atomic E-state index is -4.19. The number of aromatic nitrogens is 6. The van der Waals surface area contributed by atoms with E-state index >= 15 is 0 Å². The van der Waals surface area contributed by atoms with E-state index in [0.29, 0.717) is 35.2 Å². The summed E-state index contributed by atoms with van der Waals surface area (Å²) in [5.41, 5.74) is 19.5. The summed E-state index contributed by atoms with van der Waals surface area (Å²) in [7, 11) is -12.6. The maximum absolute atomic E-state index is 13.2. The van der Waals surface area contributed by atoms with Crippen LogP contribution in [0.3, 0.4) is 0 Å². The number of carbonyl (C=O) groups is 3. The number of rotatable bonds is 15. The molecule has 6 fully saturated rings. The van der Waals surface area contributed by atoms with Crippen LogP contribution in [0.2, 0.25) is 0 Å². The molecule has 0 saturated carbocycles. The molecule has 3 amide bonds. The Morgan fingerprint density at radius 1 is 0.404 bits per heavy atom. The van der Waals surface area contributed by atoms with Gasteiger partial charge in [0.2, 0.25) is 0 Å². The third-order valence-electron chi connectivity index (χ3n) is 19.2. The predicted octanol–water partition coefficient (Wildman–Crippen LogP) is 7.85. The molecule has 0 radical (unpaired) electrons. The Labute approximate surface area is 582 Å². The number of hydrogen-bond donors (Lipinski definition) is 9. The number of sulfonamides is 3. The van der Waals surface area contributed by atoms with Crippen LogP contribution in [0.1, 0.15) is 206 Å². The highest BCUT2D eigenvalue weighted by Crippen LogP contribution is 2.42. The second-order valence-electron chi connectivity index (χ2n) is 29.0. The average Bonchev–Trinajstić information content (AvgIpc) is 1.71. The normalized spacial score (nSPS) is 22.8. The van der Waals surface area contributed by atoms with Gasteiger partial charge in [-0.3, -0.25) is 14.4 Å². The van der Waals surface area contributed by atoms with Crippen molar-refractivity contribution in [2.24, 2.45) is 17.8 Å². The van der Waals surface area contributed by atoms with Crippen LogP contribution in [-0.4, -0.2) is 129 Å². The van der Waals surface area contributed by atoms with Crippen LogP contribution < -0.4 is 62.0 Å². The standard InChI is InChI=1S/3C23H32N6O3S/c3*1-15-13-23(2,3)29(14-15)21-16(10-11-18(26-21)17-7-4-5-12-25-17)22(30)28-33(31,32)20-9-6-8-19(24)27-20/h3*6,8-11,15,17,25H,4-5,7,12-14H2,1-3H3,(H2,24,27)(H,28,30)/t3*15-,17?/m000/s1. The van der Waals surface area contributed by atoms with Crippen LogP contribution in [0.4, 0.5) is 34.9 Å². The molecule has 6 aromatic rings. The third kappa shape index (κ3) is 17.5. The topological polar surface area (TPSA) is 391 Å². The Morgan fingerprint density at radius 2 is 0.667 bits per heavy atom. The number of piperidine rings is 3. The van der Waals surface area contributed by atoms with Crippen molar-refractivity contribution in [1.82, 2.24) is 60.0 Å². The summed E-state index contributed by atoms with van der Waals surface area (Å²) in [6.45, 7) is 24.3. The van der Waals surface area contributed by atoms with Gasteiger partial charge in [0.1, 0.15) is 34.9 Å². The first-order valence-electron chi connectivity index (χ1n) is 34.2. The molecule has 6 aliphatic heterocycles. The fourth-order valence-electron chi connectivity index (χ4n) is 14.7. The highest BCUT2D eigenvalue weighted by molar-refractivity contribution is 7.90. The molecular weight excluding hydrogens is 1320 g/mol. The van der Waals surface area contributed by atoms with E-state index < -0.39 is 47.8 Å². The predicted molar refractivity (Wildman–Crippen MR) is 382 cm³/mol. The number of nitrogens with zero attached hydrogens (tertiary/aromatic N) is 9. The maximum atomic E-state index is 13.2. The van der Waals surface area contributed by atoms with E-state index in [0.717, 1.165) is 133 Å². The maximum Gasteiger partial charge on any atom is 0.281 e. The van der Waals surface area contributed by atoms with Gasteiger partial charge in [-0.25, -0.2) is 44.1 Å². The van der Waals surface area contributed by atoms with Crippen molar-refractivity contribution in [2.45, 2.75) is 189 Å². The van der Waals surface area contributed by atoms with Crippen LogP contribution in [0.15, 0.2) is 106 Å². The summed E-state index contributed by atoms with van der Waals surface area (Å²) >= 11 is 0. The molecule has 12 heterocycles. The van der Waals surface area contributed by atoms with Crippen LogP contribution in [0.25, 0.3) is 0 Å². The van der Waals surface area contributed by atoms with Crippen molar-refractivity contribution >= 4 is 82.7 Å². The van der Waals surface area contributed by atoms with E-state index in [4.69, 9.17) is 32.2 Å². The number of anilines is 6. The number of nitrogen functional groups attached to an aromatic ring is 3. The number of nitrogens with one attached hydrogen (secondary N) is 6. The van der Waals surface area contributed by atoms with Crippen LogP contribution in [0, 0.1) is 17.8 Å². The van der Waals surface area contributed by atoms with E-state index in [2.05, 4.69) is 122 Å². The number of hydrogen-bond acceptors (Lipinski definition) is 24. The lowest BCUT2D eigenvalue weighted by Crippen LogP contribution is -2.41. The van der Waals surface area contributed by atoms with Crippen molar-refractivity contribution in [3.05, 3.63) is 125 Å². The molecule has 0 aromatic carbocycles. The largest absolute Gasteiger partial charge is 0.384 e. The van der Waals surface area contributed by atoms with Gasteiger partial charge >= 0.3 is 0 Å². The number of amides is 3. The molecule has 6 atom stereocenters. The van der Waals surface area contributed by atoms with E-state index in [1.165, 1.54) is 54.6 Å². The Bertz CT molecular complexity index is 3860. The first-order chi connectivity index (χ1) is 46.7. The Morgan fingerprint density at radius 3 is 0.879 bits per heavy atom. The van der Waals surface area contributed by atoms with Gasteiger partial charge in [0, 0.05) is 54.4 Å². The molecule has 6 aromatic heterocycles. The number of carbonyl (C=O) groups excluding carboxylic acids is 3. The van der Waals surface area contributed by atoms with Gasteiger partial charge in [-0.2, -0.15) is 25.3 Å². The van der Waals surface area contributed by atoms with Gasteiger partial charge in [0.25, 0.3) is 47.8 Å². The monoisotopic (exact) mass is 1420 g/mol. The molecule has 6 aliphatic rings. The second-order valence-corrected chi connectivity index (χ2v) is 33.9. The zero-order valence-electron chi connectivity index (χ0n) is 58.0. The van der Waals surface area contributed by atoms with Crippen molar-refractivity contribution in [3.63, 3.8) is 0 Å². The molecule has 30 heteroatoms. The summed E-state index contributed by atoms with van der Waals surface area (Å²) in [6.07, 6.45) is 12.6. The molecule has 534 valence electrons. The lowest BCUT2D eigenvalue weighted by atomic mass is 9.97. The van der Waals surface area contributed by atoms with Crippen molar-refractivity contribution in [2.75, 3.05) is 71.2 Å². The highest BCUT2D eigenvalue weighted by atomic mass is 32.2. The van der Waals surface area contributed by atoms with E-state index in [9.17, 15) is 39.6 Å². The second kappa shape index (κ2) is 30.0. The number of nitrogens with two attached hydrogens (primary N) is 3. The third-order valence-corrected chi connectivity index (χ3v) is 22.9. The first-order valence-corrected chi connectivity index (χ1v) is 38.6. The molecular formula is C69H96N18O9S3. The fourth-order valence-corrected chi connectivity index (χ4v) is 17.6. The van der Waals surface area contributed by atoms with Gasteiger partial charge in [-0.1, -0.05) is 58.2 Å². The minimum Gasteiger partial charge on any atom is -0.384 e. The molecule has 27 nitrogen and oxygen atoms in total. The van der Waals surface area contributed by atoms with Crippen molar-refractivity contribution < 1.29 is 39.6 Å². The zero-order chi connectivity index (χ0) is 71.4. The molecule has 3 unspecified atom stereocenters. The van der Waals surface area contributed by atoms with Crippen molar-refractivity contribution in [3.8, 4) is 0 Å². The summed E-state index contributed by atoms with van der Waals surface area (Å²) in [4.78, 5) is 72.4. The van der Waals surface area contributed by atoms with Crippen LogP contribution in [-0.2, 0) is 30.1 Å². The van der Waals surface area contributed by atoms with Gasteiger partial charge < -0.3 is 47.9 Å². The highest BCUT2D eigenvalue weighted by Gasteiger charge is 2.43. The molecule has 99 heavy (non-hydrogen) atoms. The minimum absolute atomic E-state index is 0.0600. The Kier molecular flexibility index (Phi) is 22.3. The molecule has 0 spiro atoms. The molecule has 12 N–H and O–H groups in total. The lowest BCUT2D eigenvalue weighted by Gasteiger charge is -2.34. The van der Waals surface area contributed by atoms with E-state index in [1.807, 2.05) is 18.2 Å². The van der Waals surface area contributed by atoms with Gasteiger partial charge in [0.05, 0.1) is 33.8 Å². The van der Waals surface area contributed by atoms with E-state index in [-0.39, 0.29) is 84.0 Å². The first kappa shape index (κ1) is 73.6. The zero-order valence-corrected chi connectivity index (χ0v) is 60.5. The SMILES string of the molecule is C[C@@H]1CN(c2nc(C3CCCCN3)ccc2C(=O)NS(=O)(=O)c2cccc(N)n2)C(C)(C)C1.C[C@@H]1CN(c2nc(C3CCCCN3)ccc2C(=O)NS(=O)(=O)c2cccc(N)n2)C(C)(C)C1.C[C@@H]1CN(c2nc(C3CCCCN3)ccc2C(=O)NS(=O)(=O)c2cccc(N)n2)C(C)(C)C1. The molecule has 12 rings (SSSR count). The Balaban J connectivity index is 0.000000161. The Hall–Kier alpha value is -8.16. The van der Waals surface area contributed by atoms with Gasteiger partial charge in [0.15, 0.2) is 15.1 Å².